The van der Waals surface area contributed by atoms with E-state index in [0.717, 1.165) is 17.1 Å². The van der Waals surface area contributed by atoms with E-state index in [2.05, 4.69) is 26.8 Å². The van der Waals surface area contributed by atoms with Crippen LogP contribution in [0.3, 0.4) is 0 Å². The van der Waals surface area contributed by atoms with Gasteiger partial charge in [0.15, 0.2) is 0 Å². The molecule has 88 valence electrons. The third-order valence-electron chi connectivity index (χ3n) is 2.38. The highest BCUT2D eigenvalue weighted by Crippen LogP contribution is 2.19. The quantitative estimate of drug-likeness (QED) is 0.555. The third kappa shape index (κ3) is 2.70. The third-order valence-corrected chi connectivity index (χ3v) is 2.38. The number of nitrogens with two attached hydrogens (primary N) is 1. The molecule has 17 heavy (non-hydrogen) atoms. The number of anilines is 3. The monoisotopic (exact) mass is 229 g/mol. The summed E-state index contributed by atoms with van der Waals surface area (Å²) >= 11 is 0. The summed E-state index contributed by atoms with van der Waals surface area (Å²) in [7, 11) is 0. The van der Waals surface area contributed by atoms with E-state index in [0.29, 0.717) is 5.95 Å². The van der Waals surface area contributed by atoms with Crippen LogP contribution in [0.4, 0.5) is 17.5 Å². The van der Waals surface area contributed by atoms with Crippen molar-refractivity contribution in [3.05, 3.63) is 41.6 Å². The van der Waals surface area contributed by atoms with Gasteiger partial charge in [0.05, 0.1) is 0 Å². The van der Waals surface area contributed by atoms with Crippen molar-refractivity contribution in [2.45, 2.75) is 13.8 Å². The summed E-state index contributed by atoms with van der Waals surface area (Å²) in [6.07, 6.45) is 1.72. The summed E-state index contributed by atoms with van der Waals surface area (Å²) in [5.41, 5.74) is 5.58. The summed E-state index contributed by atoms with van der Waals surface area (Å²) in [5.74, 6) is 6.43. The van der Waals surface area contributed by atoms with E-state index in [1.165, 1.54) is 5.56 Å². The molecule has 0 aliphatic heterocycles. The Morgan fingerprint density at radius 2 is 2.06 bits per heavy atom. The van der Waals surface area contributed by atoms with Crippen LogP contribution >= 0.6 is 0 Å². The predicted molar refractivity (Wildman–Crippen MR) is 69.0 cm³/mol. The Morgan fingerprint density at radius 3 is 2.76 bits per heavy atom. The lowest BCUT2D eigenvalue weighted by Crippen LogP contribution is -2.11. The number of nitrogen functional groups attached to an aromatic ring is 1. The fourth-order valence-electron chi connectivity index (χ4n) is 1.50. The van der Waals surface area contributed by atoms with Gasteiger partial charge in [0.25, 0.3) is 0 Å². The number of hydrazine groups is 1. The standard InChI is InChI=1S/C12H15N5/c1-8-4-3-5-10(6-8)15-11-9(2)7-14-12(16-11)17-13/h3-7H,13H2,1-2H3,(H2,14,15,16,17). The molecule has 0 spiro atoms. The van der Waals surface area contributed by atoms with Crippen LogP contribution in [-0.2, 0) is 0 Å². The van der Waals surface area contributed by atoms with Gasteiger partial charge < -0.3 is 5.32 Å². The molecule has 0 radical (unpaired) electrons. The molecule has 0 atom stereocenters. The molecule has 2 aromatic rings. The molecule has 5 heteroatoms. The SMILES string of the molecule is Cc1cccc(Nc2nc(NN)ncc2C)c1. The minimum absolute atomic E-state index is 0.394. The van der Waals surface area contributed by atoms with Gasteiger partial charge in [0.2, 0.25) is 5.95 Å². The Bertz CT molecular complexity index is 524. The number of nitrogens with one attached hydrogen (secondary N) is 2. The van der Waals surface area contributed by atoms with Crippen LogP contribution in [0, 0.1) is 13.8 Å². The number of benzene rings is 1. The Hall–Kier alpha value is -2.14. The van der Waals surface area contributed by atoms with Gasteiger partial charge in [-0.1, -0.05) is 12.1 Å². The molecule has 0 fully saturated rings. The van der Waals surface area contributed by atoms with Crippen LogP contribution in [-0.4, -0.2) is 9.97 Å². The molecule has 2 rings (SSSR count). The van der Waals surface area contributed by atoms with Crippen molar-refractivity contribution >= 4 is 17.5 Å². The van der Waals surface area contributed by atoms with E-state index in [1.54, 1.807) is 6.20 Å². The van der Waals surface area contributed by atoms with Crippen LogP contribution in [0.15, 0.2) is 30.5 Å². The van der Waals surface area contributed by atoms with E-state index in [9.17, 15) is 0 Å². The Morgan fingerprint density at radius 1 is 1.24 bits per heavy atom. The molecule has 1 aromatic carbocycles. The van der Waals surface area contributed by atoms with Crippen LogP contribution in [0.1, 0.15) is 11.1 Å². The molecule has 0 saturated heterocycles. The molecule has 0 aliphatic rings. The topological polar surface area (TPSA) is 75.9 Å². The van der Waals surface area contributed by atoms with Gasteiger partial charge in [-0.2, -0.15) is 4.98 Å². The zero-order chi connectivity index (χ0) is 12.3. The summed E-state index contributed by atoms with van der Waals surface area (Å²) in [6.45, 7) is 3.99. The molecule has 1 heterocycles. The maximum Gasteiger partial charge on any atom is 0.239 e. The Balaban J connectivity index is 2.29. The smallest absolute Gasteiger partial charge is 0.239 e. The van der Waals surface area contributed by atoms with E-state index >= 15 is 0 Å². The van der Waals surface area contributed by atoms with Crippen LogP contribution in [0.5, 0.6) is 0 Å². The zero-order valence-corrected chi connectivity index (χ0v) is 9.86. The van der Waals surface area contributed by atoms with Crippen molar-refractivity contribution in [1.29, 1.82) is 0 Å². The molecule has 4 N–H and O–H groups in total. The maximum absolute atomic E-state index is 5.28. The highest BCUT2D eigenvalue weighted by atomic mass is 15.3. The molecule has 0 amide bonds. The van der Waals surface area contributed by atoms with Crippen LogP contribution in [0.2, 0.25) is 0 Å². The molecule has 5 nitrogen and oxygen atoms in total. The van der Waals surface area contributed by atoms with E-state index in [1.807, 2.05) is 32.0 Å². The van der Waals surface area contributed by atoms with Crippen molar-refractivity contribution in [3.63, 3.8) is 0 Å². The number of nitrogens with zero attached hydrogens (tertiary/aromatic N) is 2. The second kappa shape index (κ2) is 4.80. The van der Waals surface area contributed by atoms with Crippen molar-refractivity contribution in [2.24, 2.45) is 5.84 Å². The second-order valence-electron chi connectivity index (χ2n) is 3.86. The first-order valence-electron chi connectivity index (χ1n) is 5.33. The molecular weight excluding hydrogens is 214 g/mol. The van der Waals surface area contributed by atoms with E-state index in [-0.39, 0.29) is 0 Å². The fourth-order valence-corrected chi connectivity index (χ4v) is 1.50. The number of aryl methyl sites for hydroxylation is 2. The average molecular weight is 229 g/mol. The van der Waals surface area contributed by atoms with Gasteiger partial charge in [-0.3, -0.25) is 5.43 Å². The Labute approximate surface area is 100 Å². The summed E-state index contributed by atoms with van der Waals surface area (Å²) < 4.78 is 0. The summed E-state index contributed by atoms with van der Waals surface area (Å²) in [4.78, 5) is 8.29. The summed E-state index contributed by atoms with van der Waals surface area (Å²) in [6, 6.07) is 8.09. The lowest BCUT2D eigenvalue weighted by atomic mass is 10.2. The lowest BCUT2D eigenvalue weighted by molar-refractivity contribution is 1.09. The normalized spacial score (nSPS) is 10.1. The lowest BCUT2D eigenvalue weighted by Gasteiger charge is -2.09. The van der Waals surface area contributed by atoms with Crippen LogP contribution < -0.4 is 16.6 Å². The average Bonchev–Trinajstić information content (AvgIpc) is 2.32. The predicted octanol–water partition coefficient (Wildman–Crippen LogP) is 2.12. The first-order chi connectivity index (χ1) is 8.19. The van der Waals surface area contributed by atoms with Crippen molar-refractivity contribution < 1.29 is 0 Å². The molecular formula is C12H15N5. The van der Waals surface area contributed by atoms with Crippen molar-refractivity contribution in [2.75, 3.05) is 10.7 Å². The fraction of sp³-hybridized carbons (Fsp3) is 0.167. The van der Waals surface area contributed by atoms with Gasteiger partial charge in [-0.05, 0) is 31.5 Å². The Kier molecular flexibility index (Phi) is 3.20. The zero-order valence-electron chi connectivity index (χ0n) is 9.86. The summed E-state index contributed by atoms with van der Waals surface area (Å²) in [5, 5.41) is 3.24. The minimum atomic E-state index is 0.394. The first-order valence-corrected chi connectivity index (χ1v) is 5.33. The van der Waals surface area contributed by atoms with Gasteiger partial charge in [-0.25, -0.2) is 10.8 Å². The first kappa shape index (κ1) is 11.3. The minimum Gasteiger partial charge on any atom is -0.340 e. The van der Waals surface area contributed by atoms with Gasteiger partial charge in [0.1, 0.15) is 5.82 Å². The molecule has 0 bridgehead atoms. The van der Waals surface area contributed by atoms with E-state index in [4.69, 9.17) is 5.84 Å². The van der Waals surface area contributed by atoms with E-state index < -0.39 is 0 Å². The highest BCUT2D eigenvalue weighted by molar-refractivity contribution is 5.60. The molecule has 0 aliphatic carbocycles. The molecule has 1 aromatic heterocycles. The molecule has 0 unspecified atom stereocenters. The second-order valence-corrected chi connectivity index (χ2v) is 3.86. The molecule has 0 saturated carbocycles. The number of rotatable bonds is 3. The van der Waals surface area contributed by atoms with Gasteiger partial charge in [-0.15, -0.1) is 0 Å². The maximum atomic E-state index is 5.28. The van der Waals surface area contributed by atoms with Crippen molar-refractivity contribution in [3.8, 4) is 0 Å². The number of hydrogen-bond donors (Lipinski definition) is 3. The highest BCUT2D eigenvalue weighted by Gasteiger charge is 2.03. The van der Waals surface area contributed by atoms with Gasteiger partial charge in [0, 0.05) is 17.4 Å². The van der Waals surface area contributed by atoms with Crippen LogP contribution in [0.25, 0.3) is 0 Å². The number of aromatic nitrogens is 2. The van der Waals surface area contributed by atoms with Gasteiger partial charge >= 0.3 is 0 Å². The van der Waals surface area contributed by atoms with Crippen molar-refractivity contribution in [1.82, 2.24) is 9.97 Å². The number of hydrogen-bond acceptors (Lipinski definition) is 5. The largest absolute Gasteiger partial charge is 0.340 e.